The third-order valence-electron chi connectivity index (χ3n) is 4.34. The van der Waals surface area contributed by atoms with Crippen molar-refractivity contribution in [2.45, 2.75) is 59.5 Å². The number of nitrogens with zero attached hydrogens (tertiary/aromatic N) is 1. The van der Waals surface area contributed by atoms with Crippen LogP contribution in [0.3, 0.4) is 0 Å². The molecular weight excluding hydrogens is 212 g/mol. The number of hydrogen-bond acceptors (Lipinski definition) is 3. The fraction of sp³-hybridized carbons (Fsp3) is 0.786. The summed E-state index contributed by atoms with van der Waals surface area (Å²) < 4.78 is 5.59. The Morgan fingerprint density at radius 3 is 2.65 bits per heavy atom. The zero-order chi connectivity index (χ0) is 12.4. The summed E-state index contributed by atoms with van der Waals surface area (Å²) >= 11 is 0. The number of aromatic nitrogens is 1. The molecule has 0 aromatic carbocycles. The molecule has 0 saturated heterocycles. The van der Waals surface area contributed by atoms with Gasteiger partial charge in [0.25, 0.3) is 0 Å². The molecule has 1 N–H and O–H groups in total. The summed E-state index contributed by atoms with van der Waals surface area (Å²) in [6.07, 6.45) is 3.95. The van der Waals surface area contributed by atoms with Crippen LogP contribution in [-0.2, 0) is 6.54 Å². The molecule has 0 bridgehead atoms. The number of nitrogens with one attached hydrogen (secondary N) is 1. The molecule has 1 aliphatic carbocycles. The van der Waals surface area contributed by atoms with Crippen molar-refractivity contribution in [2.75, 3.05) is 0 Å². The third kappa shape index (κ3) is 2.71. The van der Waals surface area contributed by atoms with Crippen LogP contribution in [0.4, 0.5) is 0 Å². The zero-order valence-electron chi connectivity index (χ0n) is 11.4. The Morgan fingerprint density at radius 2 is 2.12 bits per heavy atom. The van der Waals surface area contributed by atoms with E-state index >= 15 is 0 Å². The third-order valence-corrected chi connectivity index (χ3v) is 4.34. The quantitative estimate of drug-likeness (QED) is 0.872. The highest BCUT2D eigenvalue weighted by Gasteiger charge is 2.31. The number of oxazole rings is 1. The van der Waals surface area contributed by atoms with Crippen molar-refractivity contribution < 1.29 is 4.42 Å². The first-order valence-electron chi connectivity index (χ1n) is 6.78. The largest absolute Gasteiger partial charge is 0.444 e. The Bertz CT molecular complexity index is 353. The molecule has 1 saturated carbocycles. The fourth-order valence-corrected chi connectivity index (χ4v) is 2.94. The summed E-state index contributed by atoms with van der Waals surface area (Å²) in [6.45, 7) is 9.39. The second kappa shape index (κ2) is 5.21. The molecular formula is C14H24N2O. The van der Waals surface area contributed by atoms with E-state index in [1.165, 1.54) is 19.3 Å². The van der Waals surface area contributed by atoms with Crippen LogP contribution in [-0.4, -0.2) is 11.0 Å². The van der Waals surface area contributed by atoms with Crippen molar-refractivity contribution in [1.82, 2.24) is 10.3 Å². The molecule has 3 unspecified atom stereocenters. The fourth-order valence-electron chi connectivity index (χ4n) is 2.94. The van der Waals surface area contributed by atoms with Crippen LogP contribution in [0.2, 0.25) is 0 Å². The van der Waals surface area contributed by atoms with E-state index in [1.54, 1.807) is 0 Å². The molecule has 96 valence electrons. The summed E-state index contributed by atoms with van der Waals surface area (Å²) in [5.41, 5.74) is 1.01. The van der Waals surface area contributed by atoms with Gasteiger partial charge in [0.1, 0.15) is 5.76 Å². The van der Waals surface area contributed by atoms with Gasteiger partial charge in [0.05, 0.1) is 12.2 Å². The van der Waals surface area contributed by atoms with Crippen molar-refractivity contribution in [3.8, 4) is 0 Å². The summed E-state index contributed by atoms with van der Waals surface area (Å²) in [5, 5.41) is 3.60. The predicted molar refractivity (Wildman–Crippen MR) is 68.8 cm³/mol. The Labute approximate surface area is 104 Å². The summed E-state index contributed by atoms with van der Waals surface area (Å²) in [4.78, 5) is 4.41. The molecule has 1 aromatic rings. The highest BCUT2D eigenvalue weighted by molar-refractivity contribution is 5.05. The number of aryl methyl sites for hydroxylation is 2. The Hall–Kier alpha value is -0.830. The maximum Gasteiger partial charge on any atom is 0.208 e. The second-order valence-corrected chi connectivity index (χ2v) is 5.34. The first-order chi connectivity index (χ1) is 8.11. The van der Waals surface area contributed by atoms with E-state index in [1.807, 2.05) is 13.8 Å². The number of hydrogen-bond donors (Lipinski definition) is 1. The van der Waals surface area contributed by atoms with Gasteiger partial charge < -0.3 is 9.73 Å². The molecule has 3 atom stereocenters. The highest BCUT2D eigenvalue weighted by Crippen LogP contribution is 2.33. The van der Waals surface area contributed by atoms with Gasteiger partial charge in [-0.1, -0.05) is 20.3 Å². The van der Waals surface area contributed by atoms with Gasteiger partial charge in [-0.3, -0.25) is 0 Å². The van der Waals surface area contributed by atoms with Crippen molar-refractivity contribution in [3.63, 3.8) is 0 Å². The first-order valence-corrected chi connectivity index (χ1v) is 6.78. The Morgan fingerprint density at radius 1 is 1.35 bits per heavy atom. The minimum absolute atomic E-state index is 0.632. The minimum Gasteiger partial charge on any atom is -0.444 e. The molecule has 1 aromatic heterocycles. The summed E-state index contributed by atoms with van der Waals surface area (Å²) in [6, 6.07) is 0.632. The maximum absolute atomic E-state index is 5.59. The van der Waals surface area contributed by atoms with E-state index in [4.69, 9.17) is 4.42 Å². The van der Waals surface area contributed by atoms with Gasteiger partial charge in [0.15, 0.2) is 0 Å². The lowest BCUT2D eigenvalue weighted by atomic mass is 9.93. The molecule has 1 aliphatic rings. The number of rotatable bonds is 4. The van der Waals surface area contributed by atoms with Crippen molar-refractivity contribution >= 4 is 0 Å². The maximum atomic E-state index is 5.59. The SMILES string of the molecule is CCC1CCC(NCc2nc(C)c(C)o2)C1C. The van der Waals surface area contributed by atoms with Crippen LogP contribution in [0.15, 0.2) is 4.42 Å². The lowest BCUT2D eigenvalue weighted by molar-refractivity contribution is 0.331. The molecule has 0 spiro atoms. The van der Waals surface area contributed by atoms with Gasteiger partial charge in [0, 0.05) is 6.04 Å². The van der Waals surface area contributed by atoms with Gasteiger partial charge in [-0.05, 0) is 38.5 Å². The van der Waals surface area contributed by atoms with Gasteiger partial charge in [0.2, 0.25) is 5.89 Å². The monoisotopic (exact) mass is 236 g/mol. The van der Waals surface area contributed by atoms with Crippen LogP contribution < -0.4 is 5.32 Å². The smallest absolute Gasteiger partial charge is 0.208 e. The molecule has 17 heavy (non-hydrogen) atoms. The Balaban J connectivity index is 1.86. The molecule has 2 rings (SSSR count). The molecule has 0 aliphatic heterocycles. The molecule has 0 amide bonds. The summed E-state index contributed by atoms with van der Waals surface area (Å²) in [5.74, 6) is 3.43. The minimum atomic E-state index is 0.632. The van der Waals surface area contributed by atoms with Gasteiger partial charge >= 0.3 is 0 Å². The zero-order valence-corrected chi connectivity index (χ0v) is 11.4. The lowest BCUT2D eigenvalue weighted by Gasteiger charge is -2.20. The van der Waals surface area contributed by atoms with E-state index in [2.05, 4.69) is 24.1 Å². The van der Waals surface area contributed by atoms with Crippen LogP contribution >= 0.6 is 0 Å². The Kier molecular flexibility index (Phi) is 3.87. The molecule has 1 heterocycles. The van der Waals surface area contributed by atoms with Crippen LogP contribution in [0.25, 0.3) is 0 Å². The molecule has 1 fully saturated rings. The molecule has 3 nitrogen and oxygen atoms in total. The first kappa shape index (κ1) is 12.6. The van der Waals surface area contributed by atoms with E-state index in [0.29, 0.717) is 6.04 Å². The second-order valence-electron chi connectivity index (χ2n) is 5.34. The van der Waals surface area contributed by atoms with Crippen LogP contribution in [0, 0.1) is 25.7 Å². The van der Waals surface area contributed by atoms with Crippen molar-refractivity contribution in [1.29, 1.82) is 0 Å². The highest BCUT2D eigenvalue weighted by atomic mass is 16.4. The predicted octanol–water partition coefficient (Wildman–Crippen LogP) is 3.21. The average molecular weight is 236 g/mol. The lowest BCUT2D eigenvalue weighted by Crippen LogP contribution is -2.32. The van der Waals surface area contributed by atoms with E-state index in [-0.39, 0.29) is 0 Å². The normalized spacial score (nSPS) is 28.8. The van der Waals surface area contributed by atoms with Crippen LogP contribution in [0.1, 0.15) is 50.5 Å². The van der Waals surface area contributed by atoms with Gasteiger partial charge in [-0.2, -0.15) is 0 Å². The molecule has 0 radical (unpaired) electrons. The standard InChI is InChI=1S/C14H24N2O/c1-5-12-6-7-13(9(12)2)15-8-14-16-10(3)11(4)17-14/h9,12-13,15H,5-8H2,1-4H3. The average Bonchev–Trinajstić information content (AvgIpc) is 2.81. The van der Waals surface area contributed by atoms with Gasteiger partial charge in [-0.25, -0.2) is 4.98 Å². The summed E-state index contributed by atoms with van der Waals surface area (Å²) in [7, 11) is 0. The van der Waals surface area contributed by atoms with E-state index in [0.717, 1.165) is 35.7 Å². The van der Waals surface area contributed by atoms with Crippen molar-refractivity contribution in [3.05, 3.63) is 17.3 Å². The van der Waals surface area contributed by atoms with Gasteiger partial charge in [-0.15, -0.1) is 0 Å². The van der Waals surface area contributed by atoms with Crippen molar-refractivity contribution in [2.24, 2.45) is 11.8 Å². The van der Waals surface area contributed by atoms with Crippen LogP contribution in [0.5, 0.6) is 0 Å². The van der Waals surface area contributed by atoms with E-state index in [9.17, 15) is 0 Å². The topological polar surface area (TPSA) is 38.1 Å². The molecule has 3 heteroatoms. The van der Waals surface area contributed by atoms with E-state index < -0.39 is 0 Å².